The van der Waals surface area contributed by atoms with Crippen molar-refractivity contribution in [3.05, 3.63) is 66.6 Å². The van der Waals surface area contributed by atoms with Gasteiger partial charge in [0, 0.05) is 37.6 Å². The number of rotatable bonds is 6. The number of nitrogens with zero attached hydrogens (tertiary/aromatic N) is 3. The van der Waals surface area contributed by atoms with Gasteiger partial charge in [-0.15, -0.1) is 0 Å². The number of aromatic nitrogens is 2. The van der Waals surface area contributed by atoms with Gasteiger partial charge in [0.2, 0.25) is 5.91 Å². The molecule has 3 rings (SSSR count). The average molecular weight is 320 g/mol. The van der Waals surface area contributed by atoms with Gasteiger partial charge in [-0.1, -0.05) is 18.2 Å². The third kappa shape index (κ3) is 3.87. The maximum Gasteiger partial charge on any atom is 0.241 e. The van der Waals surface area contributed by atoms with Gasteiger partial charge in [0.25, 0.3) is 0 Å². The molecule has 0 saturated carbocycles. The summed E-state index contributed by atoms with van der Waals surface area (Å²) >= 11 is 0. The summed E-state index contributed by atoms with van der Waals surface area (Å²) in [5, 5.41) is 4.26. The molecule has 122 valence electrons. The molecule has 0 unspecified atom stereocenters. The fraction of sp³-hybridized carbons (Fsp3) is 0.211. The summed E-state index contributed by atoms with van der Waals surface area (Å²) < 4.78 is 0. The number of pyridine rings is 2. The molecule has 2 aromatic heterocycles. The number of hydrogen-bond acceptors (Lipinski definition) is 4. The van der Waals surface area contributed by atoms with Gasteiger partial charge in [-0.05, 0) is 36.2 Å². The van der Waals surface area contributed by atoms with Crippen molar-refractivity contribution in [3.8, 4) is 0 Å². The highest BCUT2D eigenvalue weighted by Crippen LogP contribution is 2.20. The summed E-state index contributed by atoms with van der Waals surface area (Å²) in [5.41, 5.74) is 2.94. The van der Waals surface area contributed by atoms with E-state index >= 15 is 0 Å². The maximum absolute atomic E-state index is 12.3. The van der Waals surface area contributed by atoms with Crippen LogP contribution in [0.4, 0.5) is 5.69 Å². The second-order valence-corrected chi connectivity index (χ2v) is 5.66. The standard InChI is InChI=1S/C19H20N4O/c1-23(13-9-15-7-11-20-12-8-15)18(24)14-22-17-6-2-4-16-5-3-10-21-19(16)17/h2-8,10-12,22H,9,13-14H2,1H3. The van der Waals surface area contributed by atoms with Crippen LogP contribution in [0.5, 0.6) is 0 Å². The first kappa shape index (κ1) is 15.9. The predicted molar refractivity (Wildman–Crippen MR) is 95.8 cm³/mol. The van der Waals surface area contributed by atoms with Crippen LogP contribution in [-0.4, -0.2) is 40.9 Å². The van der Waals surface area contributed by atoms with Crippen LogP contribution in [0.2, 0.25) is 0 Å². The van der Waals surface area contributed by atoms with Gasteiger partial charge < -0.3 is 10.2 Å². The number of hydrogen-bond donors (Lipinski definition) is 1. The molecule has 0 fully saturated rings. The van der Waals surface area contributed by atoms with Gasteiger partial charge in [-0.25, -0.2) is 0 Å². The predicted octanol–water partition coefficient (Wildman–Crippen LogP) is 2.74. The van der Waals surface area contributed by atoms with Crippen molar-refractivity contribution in [1.82, 2.24) is 14.9 Å². The first-order valence-corrected chi connectivity index (χ1v) is 7.94. The van der Waals surface area contributed by atoms with Crippen molar-refractivity contribution in [3.63, 3.8) is 0 Å². The minimum atomic E-state index is 0.0528. The van der Waals surface area contributed by atoms with Gasteiger partial charge in [0.05, 0.1) is 17.7 Å². The van der Waals surface area contributed by atoms with Crippen molar-refractivity contribution in [2.45, 2.75) is 6.42 Å². The Balaban J connectivity index is 1.56. The third-order valence-electron chi connectivity index (χ3n) is 3.97. The molecule has 3 aromatic rings. The lowest BCUT2D eigenvalue weighted by atomic mass is 10.2. The van der Waals surface area contributed by atoms with E-state index in [-0.39, 0.29) is 12.5 Å². The number of carbonyl (C=O) groups excluding carboxylic acids is 1. The normalized spacial score (nSPS) is 10.5. The zero-order valence-corrected chi connectivity index (χ0v) is 13.6. The monoisotopic (exact) mass is 320 g/mol. The minimum absolute atomic E-state index is 0.0528. The Labute approximate surface area is 141 Å². The fourth-order valence-electron chi connectivity index (χ4n) is 2.52. The summed E-state index contributed by atoms with van der Waals surface area (Å²) in [7, 11) is 1.83. The van der Waals surface area contributed by atoms with Gasteiger partial charge in [-0.2, -0.15) is 0 Å². The Kier molecular flexibility index (Phi) is 5.01. The van der Waals surface area contributed by atoms with Crippen LogP contribution >= 0.6 is 0 Å². The fourth-order valence-corrected chi connectivity index (χ4v) is 2.52. The molecule has 0 bridgehead atoms. The largest absolute Gasteiger partial charge is 0.374 e. The number of para-hydroxylation sites is 1. The lowest BCUT2D eigenvalue weighted by Gasteiger charge is -2.18. The molecule has 1 aromatic carbocycles. The number of fused-ring (bicyclic) bond motifs is 1. The molecule has 5 nitrogen and oxygen atoms in total. The Morgan fingerprint density at radius 3 is 2.71 bits per heavy atom. The van der Waals surface area contributed by atoms with Crippen molar-refractivity contribution < 1.29 is 4.79 Å². The first-order chi connectivity index (χ1) is 11.7. The highest BCUT2D eigenvalue weighted by atomic mass is 16.2. The van der Waals surface area contributed by atoms with Crippen molar-refractivity contribution in [1.29, 1.82) is 0 Å². The maximum atomic E-state index is 12.3. The van der Waals surface area contributed by atoms with Crippen LogP contribution in [0.3, 0.4) is 0 Å². The lowest BCUT2D eigenvalue weighted by Crippen LogP contribution is -2.33. The van der Waals surface area contributed by atoms with E-state index in [0.29, 0.717) is 6.54 Å². The van der Waals surface area contributed by atoms with E-state index in [9.17, 15) is 4.79 Å². The van der Waals surface area contributed by atoms with Crippen LogP contribution in [0, 0.1) is 0 Å². The van der Waals surface area contributed by atoms with Gasteiger partial charge in [0.1, 0.15) is 0 Å². The molecule has 5 heteroatoms. The summed E-state index contributed by atoms with van der Waals surface area (Å²) in [5.74, 6) is 0.0528. The van der Waals surface area contributed by atoms with Crippen LogP contribution in [0.25, 0.3) is 10.9 Å². The van der Waals surface area contributed by atoms with Crippen molar-refractivity contribution >= 4 is 22.5 Å². The second-order valence-electron chi connectivity index (χ2n) is 5.66. The Hall–Kier alpha value is -2.95. The molecular formula is C19H20N4O. The summed E-state index contributed by atoms with van der Waals surface area (Å²) in [6.45, 7) is 0.931. The molecule has 1 N–H and O–H groups in total. The van der Waals surface area contributed by atoms with Gasteiger partial charge in [0.15, 0.2) is 0 Å². The molecule has 0 spiro atoms. The molecule has 24 heavy (non-hydrogen) atoms. The number of anilines is 1. The highest BCUT2D eigenvalue weighted by Gasteiger charge is 2.09. The lowest BCUT2D eigenvalue weighted by molar-refractivity contribution is -0.127. The second kappa shape index (κ2) is 7.55. The van der Waals surface area contributed by atoms with Crippen LogP contribution in [0.15, 0.2) is 61.1 Å². The Bertz CT molecular complexity index is 814. The SMILES string of the molecule is CN(CCc1ccncc1)C(=O)CNc1cccc2cccnc12. The molecule has 0 aliphatic carbocycles. The summed E-state index contributed by atoms with van der Waals surface area (Å²) in [4.78, 5) is 22.4. The quantitative estimate of drug-likeness (QED) is 0.759. The van der Waals surface area contributed by atoms with E-state index in [0.717, 1.165) is 23.0 Å². The number of carbonyl (C=O) groups is 1. The van der Waals surface area contributed by atoms with Crippen LogP contribution in [0.1, 0.15) is 5.56 Å². The summed E-state index contributed by atoms with van der Waals surface area (Å²) in [6, 6.07) is 13.8. The van der Waals surface area contributed by atoms with Crippen molar-refractivity contribution in [2.24, 2.45) is 0 Å². The molecular weight excluding hydrogens is 300 g/mol. The van der Waals surface area contributed by atoms with E-state index in [2.05, 4.69) is 15.3 Å². The van der Waals surface area contributed by atoms with E-state index in [1.807, 2.05) is 49.5 Å². The molecule has 1 amide bonds. The molecule has 0 aliphatic heterocycles. The van der Waals surface area contributed by atoms with Crippen molar-refractivity contribution in [2.75, 3.05) is 25.5 Å². The zero-order valence-electron chi connectivity index (χ0n) is 13.6. The molecule has 0 aliphatic rings. The number of likely N-dealkylation sites (N-methyl/N-ethyl adjacent to an activating group) is 1. The minimum Gasteiger partial charge on any atom is -0.374 e. The topological polar surface area (TPSA) is 58.1 Å². The zero-order chi connectivity index (χ0) is 16.8. The Morgan fingerprint density at radius 1 is 1.08 bits per heavy atom. The molecule has 0 atom stereocenters. The molecule has 0 radical (unpaired) electrons. The summed E-state index contributed by atoms with van der Waals surface area (Å²) in [6.07, 6.45) is 6.12. The average Bonchev–Trinajstić information content (AvgIpc) is 2.65. The molecule has 0 saturated heterocycles. The number of amides is 1. The van der Waals surface area contributed by atoms with Crippen LogP contribution < -0.4 is 5.32 Å². The van der Waals surface area contributed by atoms with E-state index in [1.54, 1.807) is 23.5 Å². The highest BCUT2D eigenvalue weighted by molar-refractivity contribution is 5.92. The van der Waals surface area contributed by atoms with E-state index < -0.39 is 0 Å². The number of benzene rings is 1. The number of nitrogens with one attached hydrogen (secondary N) is 1. The van der Waals surface area contributed by atoms with Crippen LogP contribution in [-0.2, 0) is 11.2 Å². The Morgan fingerprint density at radius 2 is 1.88 bits per heavy atom. The smallest absolute Gasteiger partial charge is 0.241 e. The van der Waals surface area contributed by atoms with Gasteiger partial charge in [-0.3, -0.25) is 14.8 Å². The third-order valence-corrected chi connectivity index (χ3v) is 3.97. The van der Waals surface area contributed by atoms with E-state index in [4.69, 9.17) is 0 Å². The first-order valence-electron chi connectivity index (χ1n) is 7.94. The van der Waals surface area contributed by atoms with Gasteiger partial charge >= 0.3 is 0 Å². The van der Waals surface area contributed by atoms with E-state index in [1.165, 1.54) is 5.56 Å². The molecule has 2 heterocycles.